The van der Waals surface area contributed by atoms with E-state index in [1.54, 1.807) is 0 Å². The van der Waals surface area contributed by atoms with Crippen molar-refractivity contribution in [1.82, 2.24) is 4.90 Å². The maximum atomic E-state index is 3.83. The maximum absolute atomic E-state index is 3.83. The van der Waals surface area contributed by atoms with Crippen molar-refractivity contribution in [3.63, 3.8) is 0 Å². The summed E-state index contributed by atoms with van der Waals surface area (Å²) in [5.74, 6) is 0. The van der Waals surface area contributed by atoms with Crippen LogP contribution in [0.3, 0.4) is 0 Å². The second-order valence-electron chi connectivity index (χ2n) is 6.71. The van der Waals surface area contributed by atoms with E-state index in [0.717, 1.165) is 18.1 Å². The Morgan fingerprint density at radius 3 is 1.70 bits per heavy atom. The molecule has 0 amide bonds. The Morgan fingerprint density at radius 1 is 0.750 bits per heavy atom. The summed E-state index contributed by atoms with van der Waals surface area (Å²) in [5, 5.41) is 0. The molecule has 2 unspecified atom stereocenters. The lowest BCUT2D eigenvalue weighted by molar-refractivity contribution is 0.161. The first-order chi connectivity index (χ1) is 9.86. The van der Waals surface area contributed by atoms with E-state index < -0.39 is 0 Å². The SMILES string of the molecule is C=CCCCCC1CCC2CCC(CCCCC=C)N12. The molecule has 114 valence electrons. The quantitative estimate of drug-likeness (QED) is 0.377. The summed E-state index contributed by atoms with van der Waals surface area (Å²) < 4.78 is 0. The number of hydrogen-bond acceptors (Lipinski definition) is 1. The lowest BCUT2D eigenvalue weighted by Gasteiger charge is -2.31. The van der Waals surface area contributed by atoms with Gasteiger partial charge in [0, 0.05) is 18.1 Å². The van der Waals surface area contributed by atoms with E-state index in [2.05, 4.69) is 30.2 Å². The molecule has 1 nitrogen and oxygen atoms in total. The minimum Gasteiger partial charge on any atom is -0.294 e. The molecule has 2 aliphatic heterocycles. The zero-order valence-electron chi connectivity index (χ0n) is 13.2. The molecule has 2 aliphatic rings. The molecule has 0 N–H and O–H groups in total. The fourth-order valence-electron chi connectivity index (χ4n) is 4.33. The van der Waals surface area contributed by atoms with E-state index >= 15 is 0 Å². The van der Waals surface area contributed by atoms with E-state index in [1.807, 2.05) is 0 Å². The van der Waals surface area contributed by atoms with Crippen molar-refractivity contribution in [3.8, 4) is 0 Å². The summed E-state index contributed by atoms with van der Waals surface area (Å²) in [6.07, 6.45) is 20.7. The number of unbranched alkanes of at least 4 members (excludes halogenated alkanes) is 4. The van der Waals surface area contributed by atoms with Crippen LogP contribution in [0, 0.1) is 0 Å². The van der Waals surface area contributed by atoms with E-state index in [0.29, 0.717) is 0 Å². The van der Waals surface area contributed by atoms with Gasteiger partial charge in [-0.3, -0.25) is 4.90 Å². The van der Waals surface area contributed by atoms with Crippen molar-refractivity contribution >= 4 is 0 Å². The van der Waals surface area contributed by atoms with E-state index in [1.165, 1.54) is 77.0 Å². The summed E-state index contributed by atoms with van der Waals surface area (Å²) in [6, 6.07) is 2.73. The van der Waals surface area contributed by atoms with Crippen LogP contribution in [-0.2, 0) is 0 Å². The number of rotatable bonds is 10. The minimum absolute atomic E-state index is 0.900. The molecule has 20 heavy (non-hydrogen) atoms. The lowest BCUT2D eigenvalue weighted by atomic mass is 10.0. The molecule has 0 bridgehead atoms. The number of nitrogens with zero attached hydrogens (tertiary/aromatic N) is 1. The van der Waals surface area contributed by atoms with Gasteiger partial charge in [0.2, 0.25) is 0 Å². The van der Waals surface area contributed by atoms with Crippen molar-refractivity contribution in [3.05, 3.63) is 25.3 Å². The van der Waals surface area contributed by atoms with Gasteiger partial charge in [0.15, 0.2) is 0 Å². The monoisotopic (exact) mass is 275 g/mol. The van der Waals surface area contributed by atoms with Gasteiger partial charge < -0.3 is 0 Å². The second-order valence-corrected chi connectivity index (χ2v) is 6.71. The van der Waals surface area contributed by atoms with Gasteiger partial charge in [0.25, 0.3) is 0 Å². The fourth-order valence-corrected chi connectivity index (χ4v) is 4.33. The van der Waals surface area contributed by atoms with Crippen molar-refractivity contribution in [2.45, 2.75) is 95.2 Å². The van der Waals surface area contributed by atoms with Crippen LogP contribution in [0.4, 0.5) is 0 Å². The van der Waals surface area contributed by atoms with E-state index in [-0.39, 0.29) is 0 Å². The normalized spacial score (nSPS) is 29.5. The van der Waals surface area contributed by atoms with Crippen LogP contribution in [0.25, 0.3) is 0 Å². The van der Waals surface area contributed by atoms with Crippen molar-refractivity contribution in [2.75, 3.05) is 0 Å². The van der Waals surface area contributed by atoms with Crippen LogP contribution >= 0.6 is 0 Å². The smallest absolute Gasteiger partial charge is 0.0102 e. The average molecular weight is 275 g/mol. The van der Waals surface area contributed by atoms with E-state index in [9.17, 15) is 0 Å². The van der Waals surface area contributed by atoms with Gasteiger partial charge in [0.1, 0.15) is 0 Å². The molecule has 0 aromatic carbocycles. The highest BCUT2D eigenvalue weighted by Gasteiger charge is 2.41. The molecule has 0 aromatic heterocycles. The summed E-state index contributed by atoms with van der Waals surface area (Å²) >= 11 is 0. The Kier molecular flexibility index (Phi) is 6.86. The van der Waals surface area contributed by atoms with Gasteiger partial charge >= 0.3 is 0 Å². The third-order valence-electron chi connectivity index (χ3n) is 5.32. The number of allylic oxidation sites excluding steroid dienone is 2. The van der Waals surface area contributed by atoms with Crippen LogP contribution in [0.5, 0.6) is 0 Å². The van der Waals surface area contributed by atoms with Crippen LogP contribution in [0.15, 0.2) is 25.3 Å². The van der Waals surface area contributed by atoms with Gasteiger partial charge in [-0.1, -0.05) is 25.0 Å². The Bertz CT molecular complexity index is 268. The lowest BCUT2D eigenvalue weighted by Crippen LogP contribution is -2.38. The molecule has 2 fully saturated rings. The highest BCUT2D eigenvalue weighted by atomic mass is 15.3. The van der Waals surface area contributed by atoms with Crippen molar-refractivity contribution in [1.29, 1.82) is 0 Å². The first-order valence-corrected chi connectivity index (χ1v) is 8.86. The summed E-state index contributed by atoms with van der Waals surface area (Å²) in [4.78, 5) is 2.93. The molecular formula is C19H33N. The third kappa shape index (κ3) is 4.22. The molecule has 2 rings (SSSR count). The van der Waals surface area contributed by atoms with Crippen molar-refractivity contribution < 1.29 is 0 Å². The fraction of sp³-hybridized carbons (Fsp3) is 0.789. The number of hydrogen-bond donors (Lipinski definition) is 0. The highest BCUT2D eigenvalue weighted by molar-refractivity contribution is 4.97. The Morgan fingerprint density at radius 2 is 1.25 bits per heavy atom. The standard InChI is InChI=1S/C19H33N/c1-3-5-7-9-11-17-13-15-19-16-14-18(20(17)19)12-10-8-6-4-2/h3-4,17-19H,1-2,5-16H2. The maximum Gasteiger partial charge on any atom is 0.0102 e. The molecule has 0 aromatic rings. The predicted molar refractivity (Wildman–Crippen MR) is 89.0 cm³/mol. The van der Waals surface area contributed by atoms with Gasteiger partial charge in [-0.05, 0) is 64.2 Å². The molecule has 0 saturated carbocycles. The van der Waals surface area contributed by atoms with Crippen LogP contribution < -0.4 is 0 Å². The van der Waals surface area contributed by atoms with Gasteiger partial charge in [-0.25, -0.2) is 0 Å². The van der Waals surface area contributed by atoms with Crippen LogP contribution in [-0.4, -0.2) is 23.0 Å². The molecule has 0 aliphatic carbocycles. The average Bonchev–Trinajstić information content (AvgIpc) is 3.03. The molecular weight excluding hydrogens is 242 g/mol. The second kappa shape index (κ2) is 8.67. The first kappa shape index (κ1) is 15.8. The van der Waals surface area contributed by atoms with Gasteiger partial charge in [-0.2, -0.15) is 0 Å². The van der Waals surface area contributed by atoms with Crippen LogP contribution in [0.1, 0.15) is 77.0 Å². The van der Waals surface area contributed by atoms with E-state index in [4.69, 9.17) is 0 Å². The Hall–Kier alpha value is -0.560. The largest absolute Gasteiger partial charge is 0.294 e. The van der Waals surface area contributed by atoms with Crippen LogP contribution in [0.2, 0.25) is 0 Å². The minimum atomic E-state index is 0.900. The highest BCUT2D eigenvalue weighted by Crippen LogP contribution is 2.40. The Balaban J connectivity index is 1.73. The van der Waals surface area contributed by atoms with Gasteiger partial charge in [-0.15, -0.1) is 13.2 Å². The third-order valence-corrected chi connectivity index (χ3v) is 5.32. The van der Waals surface area contributed by atoms with Gasteiger partial charge in [0.05, 0.1) is 0 Å². The Labute approximate surface area is 126 Å². The molecule has 1 heteroatoms. The first-order valence-electron chi connectivity index (χ1n) is 8.86. The topological polar surface area (TPSA) is 3.24 Å². The predicted octanol–water partition coefficient (Wildman–Crippen LogP) is 5.47. The molecule has 0 spiro atoms. The summed E-state index contributed by atoms with van der Waals surface area (Å²) in [6.45, 7) is 7.65. The zero-order valence-corrected chi connectivity index (χ0v) is 13.2. The summed E-state index contributed by atoms with van der Waals surface area (Å²) in [7, 11) is 0. The molecule has 2 heterocycles. The molecule has 2 atom stereocenters. The molecule has 2 saturated heterocycles. The molecule has 0 radical (unpaired) electrons. The zero-order chi connectivity index (χ0) is 14.2. The van der Waals surface area contributed by atoms with Crippen molar-refractivity contribution in [2.24, 2.45) is 0 Å². The summed E-state index contributed by atoms with van der Waals surface area (Å²) in [5.41, 5.74) is 0. The number of fused-ring (bicyclic) bond motifs is 1.